The van der Waals surface area contributed by atoms with Crippen LogP contribution in [0.3, 0.4) is 0 Å². The molecule has 2 rings (SSSR count). The monoisotopic (exact) mass is 197 g/mol. The molecule has 3 heteroatoms. The SMILES string of the molecule is NN=Nc1ccc(-c2ccccc2)cc1. The number of hydrogen-bond donors (Lipinski definition) is 1. The van der Waals surface area contributed by atoms with Crippen molar-refractivity contribution in [1.82, 2.24) is 0 Å². The molecule has 0 saturated carbocycles. The fourth-order valence-electron chi connectivity index (χ4n) is 1.42. The lowest BCUT2D eigenvalue weighted by atomic mass is 10.1. The van der Waals surface area contributed by atoms with Crippen LogP contribution in [-0.4, -0.2) is 0 Å². The van der Waals surface area contributed by atoms with Gasteiger partial charge in [-0.3, -0.25) is 0 Å². The van der Waals surface area contributed by atoms with Gasteiger partial charge in [-0.2, -0.15) is 0 Å². The van der Waals surface area contributed by atoms with E-state index in [0.29, 0.717) is 0 Å². The van der Waals surface area contributed by atoms with Gasteiger partial charge in [0, 0.05) is 0 Å². The van der Waals surface area contributed by atoms with E-state index in [2.05, 4.69) is 22.5 Å². The average Bonchev–Trinajstić information content (AvgIpc) is 2.32. The fourth-order valence-corrected chi connectivity index (χ4v) is 1.42. The Labute approximate surface area is 88.2 Å². The number of benzene rings is 2. The van der Waals surface area contributed by atoms with Crippen molar-refractivity contribution in [3.05, 3.63) is 54.6 Å². The van der Waals surface area contributed by atoms with E-state index in [1.165, 1.54) is 5.56 Å². The Morgan fingerprint density at radius 3 is 1.93 bits per heavy atom. The molecule has 0 amide bonds. The molecular weight excluding hydrogens is 186 g/mol. The molecule has 2 N–H and O–H groups in total. The number of rotatable bonds is 2. The smallest absolute Gasteiger partial charge is 0.0874 e. The van der Waals surface area contributed by atoms with Crippen molar-refractivity contribution in [2.45, 2.75) is 0 Å². The summed E-state index contributed by atoms with van der Waals surface area (Å²) in [6, 6.07) is 17.9. The Morgan fingerprint density at radius 1 is 0.733 bits per heavy atom. The highest BCUT2D eigenvalue weighted by molar-refractivity contribution is 5.65. The first-order chi connectivity index (χ1) is 7.40. The van der Waals surface area contributed by atoms with Crippen LogP contribution in [0.1, 0.15) is 0 Å². The third-order valence-corrected chi connectivity index (χ3v) is 2.15. The van der Waals surface area contributed by atoms with Crippen molar-refractivity contribution in [3.8, 4) is 11.1 Å². The lowest BCUT2D eigenvalue weighted by Gasteiger charge is -2.00. The van der Waals surface area contributed by atoms with Crippen LogP contribution < -0.4 is 5.84 Å². The van der Waals surface area contributed by atoms with Gasteiger partial charge in [0.1, 0.15) is 0 Å². The first-order valence-corrected chi connectivity index (χ1v) is 4.66. The first kappa shape index (κ1) is 9.40. The molecule has 0 heterocycles. The predicted molar refractivity (Wildman–Crippen MR) is 60.6 cm³/mol. The summed E-state index contributed by atoms with van der Waals surface area (Å²) in [4.78, 5) is 0. The number of hydrogen-bond acceptors (Lipinski definition) is 2. The maximum absolute atomic E-state index is 4.97. The van der Waals surface area contributed by atoms with Crippen molar-refractivity contribution >= 4 is 5.69 Å². The van der Waals surface area contributed by atoms with Gasteiger partial charge in [-0.15, -0.1) is 5.11 Å². The molecule has 0 aliphatic rings. The molecule has 74 valence electrons. The molecule has 2 aromatic carbocycles. The standard InChI is InChI=1S/C12H11N3/c13-15-14-12-8-6-11(7-9-12)10-4-2-1-3-5-10/h1-9H,(H2,13,14). The highest BCUT2D eigenvalue weighted by Gasteiger charge is 1.95. The zero-order valence-electron chi connectivity index (χ0n) is 8.17. The molecule has 15 heavy (non-hydrogen) atoms. The van der Waals surface area contributed by atoms with Gasteiger partial charge in [-0.1, -0.05) is 47.7 Å². The van der Waals surface area contributed by atoms with Gasteiger partial charge in [0.2, 0.25) is 0 Å². The van der Waals surface area contributed by atoms with Gasteiger partial charge in [0.15, 0.2) is 0 Å². The Morgan fingerprint density at radius 2 is 1.33 bits per heavy atom. The minimum atomic E-state index is 0.761. The van der Waals surface area contributed by atoms with Crippen LogP contribution in [-0.2, 0) is 0 Å². The fraction of sp³-hybridized carbons (Fsp3) is 0. The van der Waals surface area contributed by atoms with Crippen LogP contribution in [0.15, 0.2) is 64.9 Å². The summed E-state index contributed by atoms with van der Waals surface area (Å²) in [7, 11) is 0. The Hall–Kier alpha value is -2.16. The second-order valence-electron chi connectivity index (χ2n) is 3.13. The predicted octanol–water partition coefficient (Wildman–Crippen LogP) is 3.31. The van der Waals surface area contributed by atoms with Gasteiger partial charge >= 0.3 is 0 Å². The van der Waals surface area contributed by atoms with Crippen molar-refractivity contribution in [1.29, 1.82) is 0 Å². The third kappa shape index (κ3) is 2.20. The van der Waals surface area contributed by atoms with Crippen molar-refractivity contribution < 1.29 is 0 Å². The van der Waals surface area contributed by atoms with Crippen molar-refractivity contribution in [2.75, 3.05) is 0 Å². The quantitative estimate of drug-likeness (QED) is 0.448. The van der Waals surface area contributed by atoms with E-state index in [0.717, 1.165) is 11.3 Å². The molecule has 0 fully saturated rings. The maximum Gasteiger partial charge on any atom is 0.0874 e. The minimum Gasteiger partial charge on any atom is -0.305 e. The Balaban J connectivity index is 2.32. The first-order valence-electron chi connectivity index (χ1n) is 4.66. The lowest BCUT2D eigenvalue weighted by Crippen LogP contribution is -1.76. The molecular formula is C12H11N3. The molecule has 0 saturated heterocycles. The molecule has 0 spiro atoms. The third-order valence-electron chi connectivity index (χ3n) is 2.15. The molecule has 0 atom stereocenters. The van der Waals surface area contributed by atoms with E-state index in [4.69, 9.17) is 5.84 Å². The van der Waals surface area contributed by atoms with E-state index in [1.54, 1.807) is 0 Å². The van der Waals surface area contributed by atoms with E-state index in [1.807, 2.05) is 42.5 Å². The molecule has 2 aromatic rings. The Bertz CT molecular complexity index is 446. The molecule has 0 bridgehead atoms. The van der Waals surface area contributed by atoms with Crippen LogP contribution in [0.2, 0.25) is 0 Å². The van der Waals surface area contributed by atoms with E-state index >= 15 is 0 Å². The van der Waals surface area contributed by atoms with Crippen LogP contribution >= 0.6 is 0 Å². The molecule has 0 aliphatic heterocycles. The van der Waals surface area contributed by atoms with E-state index in [-0.39, 0.29) is 0 Å². The second-order valence-corrected chi connectivity index (χ2v) is 3.13. The van der Waals surface area contributed by atoms with Gasteiger partial charge in [-0.05, 0) is 23.3 Å². The van der Waals surface area contributed by atoms with Crippen molar-refractivity contribution in [3.63, 3.8) is 0 Å². The molecule has 0 unspecified atom stereocenters. The van der Waals surface area contributed by atoms with Gasteiger partial charge < -0.3 is 5.84 Å². The highest BCUT2D eigenvalue weighted by Crippen LogP contribution is 2.22. The average molecular weight is 197 g/mol. The summed E-state index contributed by atoms with van der Waals surface area (Å²) in [5, 5.41) is 6.98. The summed E-state index contributed by atoms with van der Waals surface area (Å²) in [6.45, 7) is 0. The van der Waals surface area contributed by atoms with Crippen molar-refractivity contribution in [2.24, 2.45) is 16.2 Å². The number of nitrogens with zero attached hydrogens (tertiary/aromatic N) is 2. The van der Waals surface area contributed by atoms with Crippen LogP contribution in [0, 0.1) is 0 Å². The largest absolute Gasteiger partial charge is 0.305 e. The van der Waals surface area contributed by atoms with Gasteiger partial charge in [0.25, 0.3) is 0 Å². The zero-order chi connectivity index (χ0) is 10.5. The molecule has 0 radical (unpaired) electrons. The van der Waals surface area contributed by atoms with Crippen LogP contribution in [0.4, 0.5) is 5.69 Å². The maximum atomic E-state index is 4.97. The lowest BCUT2D eigenvalue weighted by molar-refractivity contribution is 1.06. The normalized spacial score (nSPS) is 10.7. The van der Waals surface area contributed by atoms with Crippen LogP contribution in [0.5, 0.6) is 0 Å². The van der Waals surface area contributed by atoms with E-state index < -0.39 is 0 Å². The Kier molecular flexibility index (Phi) is 2.74. The summed E-state index contributed by atoms with van der Waals surface area (Å²) in [5.41, 5.74) is 3.11. The summed E-state index contributed by atoms with van der Waals surface area (Å²) >= 11 is 0. The highest BCUT2D eigenvalue weighted by atomic mass is 15.3. The number of nitrogens with two attached hydrogens (primary N) is 1. The van der Waals surface area contributed by atoms with Crippen LogP contribution in [0.25, 0.3) is 11.1 Å². The summed E-state index contributed by atoms with van der Waals surface area (Å²) < 4.78 is 0. The minimum absolute atomic E-state index is 0.761. The summed E-state index contributed by atoms with van der Waals surface area (Å²) in [6.07, 6.45) is 0. The topological polar surface area (TPSA) is 50.7 Å². The van der Waals surface area contributed by atoms with Gasteiger partial charge in [0.05, 0.1) is 5.69 Å². The molecule has 3 nitrogen and oxygen atoms in total. The molecule has 0 aliphatic carbocycles. The van der Waals surface area contributed by atoms with Gasteiger partial charge in [-0.25, -0.2) is 0 Å². The van der Waals surface area contributed by atoms with E-state index in [9.17, 15) is 0 Å². The summed E-state index contributed by atoms with van der Waals surface area (Å²) in [5.74, 6) is 4.97. The zero-order valence-corrected chi connectivity index (χ0v) is 8.17. The molecule has 0 aromatic heterocycles. The second kappa shape index (κ2) is 4.37.